The molecular formula is C18H34N6O3. The molecule has 1 unspecified atom stereocenters. The van der Waals surface area contributed by atoms with Gasteiger partial charge in [0, 0.05) is 63.9 Å². The first-order chi connectivity index (χ1) is 13.1. The standard InChI is InChI=1S/C18H34N6O3/c1-3-17(25)21-12-16(27-10-7-19)13-22-18(26)6-9-24(4-2)8-5-15-11-20-14-23-15/h11,14,16H,3-10,12-13,19H2,1-2H3,(H,20,23)(H,21,25)(H,22,26). The molecule has 1 aromatic rings. The van der Waals surface area contributed by atoms with Gasteiger partial charge in [-0.15, -0.1) is 0 Å². The van der Waals surface area contributed by atoms with Crippen LogP contribution in [0.4, 0.5) is 0 Å². The fraction of sp³-hybridized carbons (Fsp3) is 0.722. The molecule has 0 spiro atoms. The Morgan fingerprint density at radius 1 is 1.26 bits per heavy atom. The number of imidazole rings is 1. The van der Waals surface area contributed by atoms with Crippen LogP contribution in [0.5, 0.6) is 0 Å². The first-order valence-corrected chi connectivity index (χ1v) is 9.63. The summed E-state index contributed by atoms with van der Waals surface area (Å²) in [4.78, 5) is 32.9. The van der Waals surface area contributed by atoms with Crippen LogP contribution < -0.4 is 16.4 Å². The van der Waals surface area contributed by atoms with Crippen molar-refractivity contribution in [3.63, 3.8) is 0 Å². The fourth-order valence-electron chi connectivity index (χ4n) is 2.48. The molecular weight excluding hydrogens is 348 g/mol. The highest BCUT2D eigenvalue weighted by Crippen LogP contribution is 1.98. The molecule has 0 saturated carbocycles. The number of nitrogens with two attached hydrogens (primary N) is 1. The average molecular weight is 383 g/mol. The number of carbonyl (C=O) groups is 2. The Morgan fingerprint density at radius 2 is 2.00 bits per heavy atom. The Morgan fingerprint density at radius 3 is 2.59 bits per heavy atom. The topological polar surface area (TPSA) is 125 Å². The van der Waals surface area contributed by atoms with Crippen LogP contribution in [-0.4, -0.2) is 78.7 Å². The molecule has 1 rings (SSSR count). The summed E-state index contributed by atoms with van der Waals surface area (Å²) in [6, 6.07) is 0. The van der Waals surface area contributed by atoms with Crippen molar-refractivity contribution < 1.29 is 14.3 Å². The van der Waals surface area contributed by atoms with Gasteiger partial charge in [-0.1, -0.05) is 13.8 Å². The monoisotopic (exact) mass is 382 g/mol. The third kappa shape index (κ3) is 10.7. The summed E-state index contributed by atoms with van der Waals surface area (Å²) in [5, 5.41) is 5.67. The quantitative estimate of drug-likeness (QED) is 0.329. The molecule has 9 nitrogen and oxygen atoms in total. The lowest BCUT2D eigenvalue weighted by Crippen LogP contribution is -2.42. The first-order valence-electron chi connectivity index (χ1n) is 9.63. The van der Waals surface area contributed by atoms with Gasteiger partial charge in [0.25, 0.3) is 0 Å². The highest BCUT2D eigenvalue weighted by molar-refractivity contribution is 5.76. The molecule has 1 aromatic heterocycles. The lowest BCUT2D eigenvalue weighted by molar-refractivity contribution is -0.122. The zero-order chi connectivity index (χ0) is 19.9. The van der Waals surface area contributed by atoms with E-state index in [9.17, 15) is 9.59 Å². The second-order valence-electron chi connectivity index (χ2n) is 6.25. The van der Waals surface area contributed by atoms with E-state index in [1.54, 1.807) is 13.3 Å². The Hall–Kier alpha value is -1.97. The molecule has 0 radical (unpaired) electrons. The van der Waals surface area contributed by atoms with Crippen molar-refractivity contribution in [3.8, 4) is 0 Å². The molecule has 0 aliphatic rings. The normalized spacial score (nSPS) is 12.1. The van der Waals surface area contributed by atoms with Crippen molar-refractivity contribution in [2.45, 2.75) is 39.2 Å². The molecule has 0 bridgehead atoms. The highest BCUT2D eigenvalue weighted by atomic mass is 16.5. The number of hydrogen-bond acceptors (Lipinski definition) is 6. The number of amides is 2. The van der Waals surface area contributed by atoms with Crippen molar-refractivity contribution >= 4 is 11.8 Å². The average Bonchev–Trinajstić information content (AvgIpc) is 3.20. The summed E-state index contributed by atoms with van der Waals surface area (Å²) in [6.45, 7) is 7.81. The van der Waals surface area contributed by atoms with Crippen LogP contribution in [-0.2, 0) is 20.7 Å². The summed E-state index contributed by atoms with van der Waals surface area (Å²) < 4.78 is 5.59. The van der Waals surface area contributed by atoms with Crippen molar-refractivity contribution in [2.24, 2.45) is 5.73 Å². The SMILES string of the molecule is CCC(=O)NCC(CNC(=O)CCN(CC)CCc1cnc[nH]1)OCCN. The van der Waals surface area contributed by atoms with E-state index in [1.807, 2.05) is 6.20 Å². The molecule has 1 atom stereocenters. The Balaban J connectivity index is 2.28. The number of aromatic amines is 1. The van der Waals surface area contributed by atoms with Crippen LogP contribution in [0.1, 0.15) is 32.4 Å². The number of hydrogen-bond donors (Lipinski definition) is 4. The van der Waals surface area contributed by atoms with E-state index in [4.69, 9.17) is 10.5 Å². The number of ether oxygens (including phenoxy) is 1. The summed E-state index contributed by atoms with van der Waals surface area (Å²) in [7, 11) is 0. The molecule has 0 fully saturated rings. The lowest BCUT2D eigenvalue weighted by atomic mass is 10.2. The van der Waals surface area contributed by atoms with Gasteiger partial charge in [0.2, 0.25) is 11.8 Å². The van der Waals surface area contributed by atoms with Crippen LogP contribution in [0.15, 0.2) is 12.5 Å². The summed E-state index contributed by atoms with van der Waals surface area (Å²) >= 11 is 0. The van der Waals surface area contributed by atoms with Gasteiger partial charge < -0.3 is 31.0 Å². The van der Waals surface area contributed by atoms with Gasteiger partial charge in [0.1, 0.15) is 0 Å². The van der Waals surface area contributed by atoms with Gasteiger partial charge in [-0.25, -0.2) is 4.98 Å². The van der Waals surface area contributed by atoms with E-state index in [1.165, 1.54) is 0 Å². The third-order valence-corrected chi connectivity index (χ3v) is 4.20. The molecule has 0 aliphatic carbocycles. The lowest BCUT2D eigenvalue weighted by Gasteiger charge is -2.21. The minimum atomic E-state index is -0.282. The van der Waals surface area contributed by atoms with Crippen molar-refractivity contribution in [1.82, 2.24) is 25.5 Å². The predicted octanol–water partition coefficient (Wildman–Crippen LogP) is -0.349. The maximum atomic E-state index is 12.1. The van der Waals surface area contributed by atoms with E-state index in [-0.39, 0.29) is 17.9 Å². The molecule has 5 N–H and O–H groups in total. The van der Waals surface area contributed by atoms with E-state index in [0.717, 1.165) is 25.2 Å². The number of carbonyl (C=O) groups excluding carboxylic acids is 2. The van der Waals surface area contributed by atoms with Crippen molar-refractivity contribution in [3.05, 3.63) is 18.2 Å². The summed E-state index contributed by atoms with van der Waals surface area (Å²) in [5.41, 5.74) is 6.55. The second kappa shape index (κ2) is 14.1. The minimum Gasteiger partial charge on any atom is -0.373 e. The molecule has 0 saturated heterocycles. The zero-order valence-electron chi connectivity index (χ0n) is 16.5. The maximum Gasteiger partial charge on any atom is 0.221 e. The molecule has 154 valence electrons. The van der Waals surface area contributed by atoms with Gasteiger partial charge in [-0.3, -0.25) is 9.59 Å². The predicted molar refractivity (Wildman–Crippen MR) is 104 cm³/mol. The number of H-pyrrole nitrogens is 1. The Bertz CT molecular complexity index is 523. The van der Waals surface area contributed by atoms with Gasteiger partial charge in [-0.05, 0) is 6.54 Å². The van der Waals surface area contributed by atoms with Crippen LogP contribution in [0.2, 0.25) is 0 Å². The van der Waals surface area contributed by atoms with Crippen LogP contribution in [0.25, 0.3) is 0 Å². The van der Waals surface area contributed by atoms with E-state index < -0.39 is 0 Å². The molecule has 27 heavy (non-hydrogen) atoms. The Kier molecular flexibility index (Phi) is 12.1. The van der Waals surface area contributed by atoms with Gasteiger partial charge in [0.05, 0.1) is 19.0 Å². The molecule has 0 aliphatic heterocycles. The van der Waals surface area contributed by atoms with Crippen molar-refractivity contribution in [2.75, 3.05) is 45.9 Å². The fourth-order valence-corrected chi connectivity index (χ4v) is 2.48. The van der Waals surface area contributed by atoms with E-state index >= 15 is 0 Å². The van der Waals surface area contributed by atoms with E-state index in [0.29, 0.717) is 45.6 Å². The largest absolute Gasteiger partial charge is 0.373 e. The maximum absolute atomic E-state index is 12.1. The highest BCUT2D eigenvalue weighted by Gasteiger charge is 2.13. The van der Waals surface area contributed by atoms with Crippen molar-refractivity contribution in [1.29, 1.82) is 0 Å². The van der Waals surface area contributed by atoms with Gasteiger partial charge in [-0.2, -0.15) is 0 Å². The van der Waals surface area contributed by atoms with E-state index in [2.05, 4.69) is 32.4 Å². The molecule has 9 heteroatoms. The summed E-state index contributed by atoms with van der Waals surface area (Å²) in [5.74, 6) is -0.0725. The van der Waals surface area contributed by atoms with Gasteiger partial charge in [0.15, 0.2) is 0 Å². The third-order valence-electron chi connectivity index (χ3n) is 4.20. The number of rotatable bonds is 15. The number of nitrogens with zero attached hydrogens (tertiary/aromatic N) is 2. The zero-order valence-corrected chi connectivity index (χ0v) is 16.5. The van der Waals surface area contributed by atoms with Crippen LogP contribution in [0, 0.1) is 0 Å². The van der Waals surface area contributed by atoms with Gasteiger partial charge >= 0.3 is 0 Å². The van der Waals surface area contributed by atoms with Crippen LogP contribution >= 0.6 is 0 Å². The first kappa shape index (κ1) is 23.1. The van der Waals surface area contributed by atoms with Crippen LogP contribution in [0.3, 0.4) is 0 Å². The number of likely N-dealkylation sites (N-methyl/N-ethyl adjacent to an activating group) is 1. The number of nitrogens with one attached hydrogen (secondary N) is 3. The molecule has 0 aromatic carbocycles. The molecule has 2 amide bonds. The molecule has 1 heterocycles. The number of aromatic nitrogens is 2. The Labute approximate surface area is 161 Å². The minimum absolute atomic E-state index is 0.0295. The second-order valence-corrected chi connectivity index (χ2v) is 6.25. The summed E-state index contributed by atoms with van der Waals surface area (Å²) in [6.07, 6.45) is 4.92. The smallest absolute Gasteiger partial charge is 0.221 e.